The lowest BCUT2D eigenvalue weighted by atomic mass is 10.0. The number of hydrogen-bond donors (Lipinski definition) is 1. The smallest absolute Gasteiger partial charge is 0.335 e. The lowest BCUT2D eigenvalue weighted by molar-refractivity contribution is 0.0696. The lowest BCUT2D eigenvalue weighted by Gasteiger charge is -2.34. The number of methoxy groups -OCH3 is 1. The van der Waals surface area contributed by atoms with E-state index >= 15 is 0 Å². The maximum atomic E-state index is 10.4. The summed E-state index contributed by atoms with van der Waals surface area (Å²) in [6.07, 6.45) is 4.08. The second-order valence-electron chi connectivity index (χ2n) is 5.90. The van der Waals surface area contributed by atoms with E-state index in [0.717, 1.165) is 0 Å². The van der Waals surface area contributed by atoms with Gasteiger partial charge in [0.25, 0.3) is 0 Å². The Bertz CT molecular complexity index is 452. The van der Waals surface area contributed by atoms with Gasteiger partial charge in [-0.1, -0.05) is 26.8 Å². The molecule has 1 N–H and O–H groups in total. The molecule has 0 aliphatic carbocycles. The number of hydrogen-bond acceptors (Lipinski definition) is 3. The summed E-state index contributed by atoms with van der Waals surface area (Å²) in [6, 6.07) is 6.34. The first-order valence-corrected chi connectivity index (χ1v) is 8.53. The Morgan fingerprint density at radius 1 is 1.26 bits per heavy atom. The molecule has 0 aromatic heterocycles. The zero-order valence-corrected chi connectivity index (χ0v) is 15.6. The average Bonchev–Trinajstić information content (AvgIpc) is 3.13. The van der Waals surface area contributed by atoms with Crippen LogP contribution < -0.4 is 4.74 Å². The summed E-state index contributed by atoms with van der Waals surface area (Å²) in [6.45, 7) is 13.6. The van der Waals surface area contributed by atoms with E-state index in [1.807, 2.05) is 13.8 Å². The van der Waals surface area contributed by atoms with E-state index in [1.165, 1.54) is 51.6 Å². The van der Waals surface area contributed by atoms with Crippen molar-refractivity contribution in [3.63, 3.8) is 0 Å². The third-order valence-electron chi connectivity index (χ3n) is 4.14. The molecule has 0 atom stereocenters. The molecule has 132 valence electrons. The van der Waals surface area contributed by atoms with Crippen LogP contribution in [0.4, 0.5) is 0 Å². The quantitative estimate of drug-likeness (QED) is 0.873. The molecule has 4 nitrogen and oxygen atoms in total. The molecule has 23 heavy (non-hydrogen) atoms. The van der Waals surface area contributed by atoms with Gasteiger partial charge in [-0.25, -0.2) is 4.79 Å². The van der Waals surface area contributed by atoms with Crippen molar-refractivity contribution in [2.75, 3.05) is 20.2 Å². The fraction of sp³-hybridized carbons (Fsp3) is 0.632. The van der Waals surface area contributed by atoms with Crippen LogP contribution in [0.2, 0.25) is 0 Å². The first-order chi connectivity index (χ1) is 10.9. The Hall–Kier alpha value is -1.55. The molecule has 1 aromatic rings. The molecule has 2 rings (SSSR count). The van der Waals surface area contributed by atoms with Crippen LogP contribution in [0.5, 0.6) is 5.75 Å². The molecule has 0 amide bonds. The highest BCUT2D eigenvalue weighted by atomic mass is 16.5. The van der Waals surface area contributed by atoms with E-state index in [-0.39, 0.29) is 5.56 Å². The minimum atomic E-state index is -0.941. The zero-order valence-electron chi connectivity index (χ0n) is 15.6. The van der Waals surface area contributed by atoms with Crippen molar-refractivity contribution in [2.45, 2.75) is 59.4 Å². The topological polar surface area (TPSA) is 49.8 Å². The van der Waals surface area contributed by atoms with Crippen LogP contribution in [0.1, 0.15) is 64.2 Å². The van der Waals surface area contributed by atoms with Gasteiger partial charge in [0.15, 0.2) is 0 Å². The second kappa shape index (κ2) is 11.1. The molecule has 1 aliphatic rings. The van der Waals surface area contributed by atoms with Crippen molar-refractivity contribution >= 4 is 5.97 Å². The predicted octanol–water partition coefficient (Wildman–Crippen LogP) is 4.69. The fourth-order valence-corrected chi connectivity index (χ4v) is 2.30. The largest absolute Gasteiger partial charge is 0.497 e. The highest BCUT2D eigenvalue weighted by Crippen LogP contribution is 2.23. The van der Waals surface area contributed by atoms with Gasteiger partial charge >= 0.3 is 5.97 Å². The molecule has 0 bridgehead atoms. The maximum Gasteiger partial charge on any atom is 0.335 e. The number of rotatable bonds is 4. The van der Waals surface area contributed by atoms with E-state index in [9.17, 15) is 4.79 Å². The zero-order chi connectivity index (χ0) is 17.9. The number of carboxylic acid groups (broad SMARTS) is 1. The Kier molecular flexibility index (Phi) is 10.3. The minimum Gasteiger partial charge on any atom is -0.497 e. The van der Waals surface area contributed by atoms with Crippen molar-refractivity contribution in [1.82, 2.24) is 4.90 Å². The second-order valence-corrected chi connectivity index (χ2v) is 5.90. The summed E-state index contributed by atoms with van der Waals surface area (Å²) in [5.41, 5.74) is 0.695. The highest BCUT2D eigenvalue weighted by Gasteiger charge is 2.26. The van der Waals surface area contributed by atoms with Crippen LogP contribution in [0.3, 0.4) is 0 Å². The Labute approximate surface area is 141 Å². The lowest BCUT2D eigenvalue weighted by Crippen LogP contribution is -2.41. The summed E-state index contributed by atoms with van der Waals surface area (Å²) in [7, 11) is 1.50. The van der Waals surface area contributed by atoms with Crippen LogP contribution in [-0.2, 0) is 0 Å². The molecule has 1 aliphatic heterocycles. The van der Waals surface area contributed by atoms with Gasteiger partial charge in [0.1, 0.15) is 5.75 Å². The van der Waals surface area contributed by atoms with Gasteiger partial charge in [0.2, 0.25) is 0 Å². The maximum absolute atomic E-state index is 10.4. The van der Waals surface area contributed by atoms with E-state index in [4.69, 9.17) is 9.84 Å². The molecule has 1 aromatic carbocycles. The van der Waals surface area contributed by atoms with Crippen LogP contribution in [0.25, 0.3) is 0 Å². The minimum absolute atomic E-state index is 0.240. The predicted molar refractivity (Wildman–Crippen MR) is 96.5 cm³/mol. The molecular weight excluding hydrogens is 290 g/mol. The number of carbonyl (C=O) groups is 1. The number of benzene rings is 1. The highest BCUT2D eigenvalue weighted by molar-refractivity contribution is 5.87. The molecule has 4 heteroatoms. The normalized spacial score (nSPS) is 14.2. The first kappa shape index (κ1) is 21.4. The summed E-state index contributed by atoms with van der Waals surface area (Å²) in [5.74, 6) is -0.381. The van der Waals surface area contributed by atoms with Gasteiger partial charge in [0.05, 0.1) is 12.7 Å². The molecule has 0 saturated carbocycles. The van der Waals surface area contributed by atoms with Crippen LogP contribution in [-0.4, -0.2) is 41.7 Å². The Morgan fingerprint density at radius 2 is 1.83 bits per heavy atom. The van der Waals surface area contributed by atoms with Gasteiger partial charge in [-0.15, -0.1) is 0 Å². The van der Waals surface area contributed by atoms with Crippen LogP contribution in [0, 0.1) is 0 Å². The molecule has 1 heterocycles. The van der Waals surface area contributed by atoms with E-state index < -0.39 is 5.97 Å². The van der Waals surface area contributed by atoms with Crippen molar-refractivity contribution in [1.29, 1.82) is 0 Å². The average molecular weight is 323 g/mol. The summed E-state index contributed by atoms with van der Waals surface area (Å²) in [4.78, 5) is 13.0. The molecule has 0 unspecified atom stereocenters. The van der Waals surface area contributed by atoms with Crippen molar-refractivity contribution in [2.24, 2.45) is 0 Å². The van der Waals surface area contributed by atoms with Gasteiger partial charge < -0.3 is 9.84 Å². The summed E-state index contributed by atoms with van der Waals surface area (Å²) < 4.78 is 4.84. The number of nitrogens with zero attached hydrogens (tertiary/aromatic N) is 1. The van der Waals surface area contributed by atoms with E-state index in [2.05, 4.69) is 25.7 Å². The van der Waals surface area contributed by atoms with Crippen LogP contribution in [0.15, 0.2) is 24.3 Å². The Balaban J connectivity index is 0.000000381. The Morgan fingerprint density at radius 3 is 2.26 bits per heavy atom. The molecule has 0 radical (unpaired) electrons. The van der Waals surface area contributed by atoms with Crippen molar-refractivity contribution in [3.8, 4) is 5.75 Å². The van der Waals surface area contributed by atoms with Crippen molar-refractivity contribution in [3.05, 3.63) is 29.8 Å². The monoisotopic (exact) mass is 323 g/mol. The van der Waals surface area contributed by atoms with E-state index in [0.29, 0.717) is 11.3 Å². The van der Waals surface area contributed by atoms with Gasteiger partial charge in [-0.3, -0.25) is 4.90 Å². The molecular formula is C19H33NO3. The fourth-order valence-electron chi connectivity index (χ4n) is 2.30. The first-order valence-electron chi connectivity index (χ1n) is 8.53. The summed E-state index contributed by atoms with van der Waals surface area (Å²) in [5, 5.41) is 8.55. The van der Waals surface area contributed by atoms with Gasteiger partial charge in [-0.2, -0.15) is 0 Å². The van der Waals surface area contributed by atoms with E-state index in [1.54, 1.807) is 12.1 Å². The standard InChI is InChI=1S/C9H19N.C8H8O3.C2H6/c1-4-9(2,3)10-7-5-6-8-10;1-11-7-4-2-3-6(5-7)8(9)10;1-2/h4-8H2,1-3H3;2-5H,1H3,(H,9,10);1-2H3. The number of aromatic carboxylic acids is 1. The number of ether oxygens (including phenoxy) is 1. The number of carboxylic acids is 1. The summed E-state index contributed by atoms with van der Waals surface area (Å²) >= 11 is 0. The van der Waals surface area contributed by atoms with Crippen LogP contribution >= 0.6 is 0 Å². The van der Waals surface area contributed by atoms with Gasteiger partial charge in [-0.05, 0) is 64.4 Å². The van der Waals surface area contributed by atoms with Crippen molar-refractivity contribution < 1.29 is 14.6 Å². The molecule has 1 fully saturated rings. The molecule has 1 saturated heterocycles. The SMILES string of the molecule is CC.CCC(C)(C)N1CCCC1.COc1cccc(C(=O)O)c1. The molecule has 0 spiro atoms. The number of likely N-dealkylation sites (tertiary alicyclic amines) is 1. The van der Waals surface area contributed by atoms with Gasteiger partial charge in [0, 0.05) is 5.54 Å². The third-order valence-corrected chi connectivity index (χ3v) is 4.14. The third kappa shape index (κ3) is 7.51.